The summed E-state index contributed by atoms with van der Waals surface area (Å²) in [6.45, 7) is 2.82. The van der Waals surface area contributed by atoms with Crippen molar-refractivity contribution in [1.82, 2.24) is 4.90 Å². The van der Waals surface area contributed by atoms with Gasteiger partial charge in [0.2, 0.25) is 0 Å². The fraction of sp³-hybridized carbons (Fsp3) is 0.333. The third-order valence-electron chi connectivity index (χ3n) is 2.57. The summed E-state index contributed by atoms with van der Waals surface area (Å²) in [4.78, 5) is 17.9. The molecule has 6 heteroatoms. The minimum absolute atomic E-state index is 0.271. The van der Waals surface area contributed by atoms with Gasteiger partial charge in [-0.1, -0.05) is 0 Å². The van der Waals surface area contributed by atoms with Gasteiger partial charge in [0, 0.05) is 0 Å². The van der Waals surface area contributed by atoms with E-state index in [2.05, 4.69) is 21.0 Å². The number of morpholine rings is 1. The molecule has 0 atom stereocenters. The van der Waals surface area contributed by atoms with Gasteiger partial charge >= 0.3 is 119 Å². The van der Waals surface area contributed by atoms with Gasteiger partial charge < -0.3 is 0 Å². The molecule has 1 amide bonds. The number of amides is 1. The Labute approximate surface area is 119 Å². The molecule has 1 radical (unpaired) electrons. The van der Waals surface area contributed by atoms with Crippen LogP contribution >= 0.6 is 11.6 Å². The molecule has 1 aromatic rings. The van der Waals surface area contributed by atoms with Crippen LogP contribution in [-0.4, -0.2) is 57.9 Å². The number of benzene rings is 1. The molecule has 1 aliphatic rings. The number of aliphatic imine (C=N–C) groups is 1. The van der Waals surface area contributed by atoms with Crippen molar-refractivity contribution in [2.75, 3.05) is 26.3 Å². The predicted octanol–water partition coefficient (Wildman–Crippen LogP) is 1.34. The number of rotatable bonds is 1. The molecule has 0 saturated carbocycles. The maximum atomic E-state index is 11.9. The van der Waals surface area contributed by atoms with Crippen LogP contribution in [0.25, 0.3) is 0 Å². The van der Waals surface area contributed by atoms with Crippen LogP contribution in [0.15, 0.2) is 29.3 Å². The first-order valence-corrected chi connectivity index (χ1v) is 6.78. The van der Waals surface area contributed by atoms with Gasteiger partial charge in [-0.05, 0) is 0 Å². The summed E-state index contributed by atoms with van der Waals surface area (Å²) in [5.74, 6) is -0.271. The molecule has 1 aromatic carbocycles. The van der Waals surface area contributed by atoms with Gasteiger partial charge in [-0.15, -0.1) is 0 Å². The van der Waals surface area contributed by atoms with Crippen molar-refractivity contribution in [1.29, 1.82) is 0 Å². The zero-order chi connectivity index (χ0) is 13.0. The van der Waals surface area contributed by atoms with Gasteiger partial charge in [-0.3, -0.25) is 0 Å². The van der Waals surface area contributed by atoms with Gasteiger partial charge in [-0.2, -0.15) is 0 Å². The van der Waals surface area contributed by atoms with Gasteiger partial charge in [-0.25, -0.2) is 0 Å². The molecular formula is C12H12ClN2O2Se. The molecule has 95 valence electrons. The molecule has 18 heavy (non-hydrogen) atoms. The molecule has 1 fully saturated rings. The van der Waals surface area contributed by atoms with Crippen molar-refractivity contribution in [3.63, 3.8) is 0 Å². The zero-order valence-electron chi connectivity index (χ0n) is 9.63. The van der Waals surface area contributed by atoms with Crippen LogP contribution in [-0.2, 0) is 4.74 Å². The van der Waals surface area contributed by atoms with E-state index in [-0.39, 0.29) is 5.91 Å². The first-order valence-electron chi connectivity index (χ1n) is 5.55. The van der Waals surface area contributed by atoms with Crippen molar-refractivity contribution < 1.29 is 9.53 Å². The van der Waals surface area contributed by atoms with E-state index in [1.54, 1.807) is 24.3 Å². The number of hydrogen-bond acceptors (Lipinski definition) is 2. The maximum absolute atomic E-state index is 11.9. The van der Waals surface area contributed by atoms with Crippen LogP contribution in [0.3, 0.4) is 0 Å². The van der Waals surface area contributed by atoms with Crippen molar-refractivity contribution in [3.05, 3.63) is 34.9 Å². The molecule has 0 N–H and O–H groups in total. The molecule has 0 aromatic heterocycles. The van der Waals surface area contributed by atoms with E-state index in [0.717, 1.165) is 13.1 Å². The molecule has 0 aliphatic carbocycles. The van der Waals surface area contributed by atoms with Gasteiger partial charge in [0.25, 0.3) is 0 Å². The Bertz CT molecular complexity index is 456. The molecule has 1 aliphatic heterocycles. The number of amidine groups is 1. The Hall–Kier alpha value is -0.871. The second kappa shape index (κ2) is 6.34. The number of carbonyl (C=O) groups is 1. The van der Waals surface area contributed by atoms with Gasteiger partial charge in [0.15, 0.2) is 0 Å². The quantitative estimate of drug-likeness (QED) is 0.443. The van der Waals surface area contributed by atoms with Crippen molar-refractivity contribution in [2.24, 2.45) is 4.99 Å². The Kier molecular flexibility index (Phi) is 4.78. The van der Waals surface area contributed by atoms with Gasteiger partial charge in [0.1, 0.15) is 0 Å². The summed E-state index contributed by atoms with van der Waals surface area (Å²) in [6, 6.07) is 6.69. The first kappa shape index (κ1) is 13.6. The SMILES string of the molecule is O=C(N=C([Se])N1CCOCC1)c1ccc(Cl)cc1. The van der Waals surface area contributed by atoms with E-state index in [1.807, 2.05) is 4.90 Å². The molecular weight excluding hydrogens is 319 g/mol. The number of hydrogen-bond donors (Lipinski definition) is 0. The van der Waals surface area contributed by atoms with Crippen molar-refractivity contribution in [2.45, 2.75) is 0 Å². The second-order valence-electron chi connectivity index (χ2n) is 3.81. The van der Waals surface area contributed by atoms with Gasteiger partial charge in [0.05, 0.1) is 0 Å². The molecule has 0 spiro atoms. The summed E-state index contributed by atoms with van der Waals surface area (Å²) in [5, 5.41) is 0.604. The van der Waals surface area contributed by atoms with Crippen LogP contribution in [0.1, 0.15) is 10.4 Å². The Morgan fingerprint density at radius 3 is 2.50 bits per heavy atom. The standard InChI is InChI=1S/C12H12ClN2O2Se/c13-10-3-1-9(2-4-10)11(16)14-12(18)15-5-7-17-8-6-15/h1-4H,5-8H2. The molecule has 1 heterocycles. The van der Waals surface area contributed by atoms with Crippen LogP contribution < -0.4 is 0 Å². The Balaban J connectivity index is 2.06. The summed E-state index contributed by atoms with van der Waals surface area (Å²) in [7, 11) is 0. The molecule has 0 bridgehead atoms. The average molecular weight is 331 g/mol. The third-order valence-corrected chi connectivity index (χ3v) is 3.56. The summed E-state index contributed by atoms with van der Waals surface area (Å²) in [5.41, 5.74) is 0.528. The van der Waals surface area contributed by atoms with Crippen molar-refractivity contribution >= 4 is 38.3 Å². The zero-order valence-corrected chi connectivity index (χ0v) is 12.1. The third kappa shape index (κ3) is 3.56. The van der Waals surface area contributed by atoms with Crippen LogP contribution in [0.2, 0.25) is 5.02 Å². The number of ether oxygens (including phenoxy) is 1. The Morgan fingerprint density at radius 1 is 1.28 bits per heavy atom. The molecule has 0 unspecified atom stereocenters. The van der Waals surface area contributed by atoms with E-state index >= 15 is 0 Å². The van der Waals surface area contributed by atoms with Crippen LogP contribution in [0, 0.1) is 0 Å². The van der Waals surface area contributed by atoms with Crippen LogP contribution in [0.4, 0.5) is 0 Å². The number of carbonyl (C=O) groups excluding carboxylic acids is 1. The average Bonchev–Trinajstić information content (AvgIpc) is 2.40. The van der Waals surface area contributed by atoms with E-state index in [1.165, 1.54) is 0 Å². The molecule has 1 saturated heterocycles. The van der Waals surface area contributed by atoms with E-state index in [9.17, 15) is 4.79 Å². The topological polar surface area (TPSA) is 41.9 Å². The van der Waals surface area contributed by atoms with Crippen LogP contribution in [0.5, 0.6) is 0 Å². The molecule has 4 nitrogen and oxygen atoms in total. The fourth-order valence-electron chi connectivity index (χ4n) is 1.57. The fourth-order valence-corrected chi connectivity index (χ4v) is 2.25. The number of halogens is 1. The minimum atomic E-state index is -0.271. The monoisotopic (exact) mass is 331 g/mol. The van der Waals surface area contributed by atoms with E-state index < -0.39 is 0 Å². The van der Waals surface area contributed by atoms with E-state index in [4.69, 9.17) is 16.3 Å². The van der Waals surface area contributed by atoms with Crippen molar-refractivity contribution in [3.8, 4) is 0 Å². The Morgan fingerprint density at radius 2 is 1.89 bits per heavy atom. The first-order chi connectivity index (χ1) is 8.66. The van der Waals surface area contributed by atoms with E-state index in [0.29, 0.717) is 28.5 Å². The number of nitrogens with zero attached hydrogens (tertiary/aromatic N) is 2. The summed E-state index contributed by atoms with van der Waals surface area (Å²) in [6.07, 6.45) is 0. The summed E-state index contributed by atoms with van der Waals surface area (Å²) >= 11 is 8.60. The summed E-state index contributed by atoms with van der Waals surface area (Å²) < 4.78 is 5.85. The molecule has 2 rings (SSSR count). The predicted molar refractivity (Wildman–Crippen MR) is 71.4 cm³/mol. The second-order valence-corrected chi connectivity index (χ2v) is 5.01. The normalized spacial score (nSPS) is 16.7.